The molecule has 1 fully saturated rings. The minimum absolute atomic E-state index is 0.400. The second-order valence-electron chi connectivity index (χ2n) is 8.16. The summed E-state index contributed by atoms with van der Waals surface area (Å²) < 4.78 is 2.05. The summed E-state index contributed by atoms with van der Waals surface area (Å²) in [5, 5.41) is 10.8. The third-order valence-corrected chi connectivity index (χ3v) is 5.99. The standard InChI is InChI=1S/C26H22N2O3/c27-25(29)18-6-8-22(9-7-18)28-12-11-21-14-16(1-10-24(21)28)13-20-5-4-19(17-2-3-17)15-23(20)26(30)31/h1,4-12,14-15,17H,2-3,13H2,(H2,27,29)(H,30,31). The SMILES string of the molecule is NC(=O)c1ccc(-n2ccc3cc(Cc4ccc(C5CC5)cc4C(=O)O)ccc32)cc1. The number of amides is 1. The third-order valence-electron chi connectivity index (χ3n) is 5.99. The van der Waals surface area contributed by atoms with Crippen molar-refractivity contribution in [3.63, 3.8) is 0 Å². The maximum atomic E-state index is 11.8. The van der Waals surface area contributed by atoms with Crippen LogP contribution < -0.4 is 5.73 Å². The van der Waals surface area contributed by atoms with Crippen LogP contribution in [-0.2, 0) is 6.42 Å². The summed E-state index contributed by atoms with van der Waals surface area (Å²) in [6.45, 7) is 0. The third kappa shape index (κ3) is 3.70. The Hall–Kier alpha value is -3.86. The Kier molecular flexibility index (Phi) is 4.59. The van der Waals surface area contributed by atoms with Crippen LogP contribution in [0.3, 0.4) is 0 Å². The first-order valence-corrected chi connectivity index (χ1v) is 10.4. The van der Waals surface area contributed by atoms with Gasteiger partial charge in [0.1, 0.15) is 0 Å². The molecule has 0 spiro atoms. The summed E-state index contributed by atoms with van der Waals surface area (Å²) in [6.07, 6.45) is 4.86. The van der Waals surface area contributed by atoms with Gasteiger partial charge in [-0.05, 0) is 90.4 Å². The molecule has 5 heteroatoms. The lowest BCUT2D eigenvalue weighted by Crippen LogP contribution is -2.10. The minimum atomic E-state index is -0.871. The van der Waals surface area contributed by atoms with Gasteiger partial charge in [-0.1, -0.05) is 18.2 Å². The molecule has 31 heavy (non-hydrogen) atoms. The van der Waals surface area contributed by atoms with Crippen LogP contribution in [0.5, 0.6) is 0 Å². The van der Waals surface area contributed by atoms with E-state index in [1.165, 1.54) is 0 Å². The van der Waals surface area contributed by atoms with Crippen molar-refractivity contribution in [3.05, 3.63) is 101 Å². The highest BCUT2D eigenvalue weighted by molar-refractivity contribution is 5.93. The number of carboxylic acids is 1. The number of rotatable bonds is 6. The molecule has 0 unspecified atom stereocenters. The van der Waals surface area contributed by atoms with Crippen LogP contribution in [0.25, 0.3) is 16.6 Å². The Morgan fingerprint density at radius 1 is 0.968 bits per heavy atom. The normalized spacial score (nSPS) is 13.4. The van der Waals surface area contributed by atoms with Crippen molar-refractivity contribution < 1.29 is 14.7 Å². The Balaban J connectivity index is 1.45. The zero-order valence-corrected chi connectivity index (χ0v) is 16.9. The largest absolute Gasteiger partial charge is 0.478 e. The summed E-state index contributed by atoms with van der Waals surface area (Å²) >= 11 is 0. The van der Waals surface area contributed by atoms with Crippen molar-refractivity contribution in [1.82, 2.24) is 4.57 Å². The fraction of sp³-hybridized carbons (Fsp3) is 0.154. The van der Waals surface area contributed by atoms with E-state index in [9.17, 15) is 14.7 Å². The van der Waals surface area contributed by atoms with Crippen molar-refractivity contribution >= 4 is 22.8 Å². The van der Waals surface area contributed by atoms with Gasteiger partial charge in [-0.25, -0.2) is 4.79 Å². The van der Waals surface area contributed by atoms with E-state index in [1.807, 2.05) is 48.7 Å². The first-order valence-electron chi connectivity index (χ1n) is 10.4. The molecule has 5 nitrogen and oxygen atoms in total. The van der Waals surface area contributed by atoms with Gasteiger partial charge in [0.2, 0.25) is 5.91 Å². The average Bonchev–Trinajstić information content (AvgIpc) is 3.53. The van der Waals surface area contributed by atoms with E-state index in [0.717, 1.165) is 46.1 Å². The number of hydrogen-bond acceptors (Lipinski definition) is 2. The lowest BCUT2D eigenvalue weighted by molar-refractivity contribution is 0.0695. The predicted octanol–water partition coefficient (Wildman–Crippen LogP) is 4.90. The second kappa shape index (κ2) is 7.43. The number of carbonyl (C=O) groups is 2. The van der Waals surface area contributed by atoms with Crippen LogP contribution in [0.15, 0.2) is 72.9 Å². The molecule has 1 saturated carbocycles. The Bertz CT molecular complexity index is 1310. The van der Waals surface area contributed by atoms with Crippen LogP contribution in [0, 0.1) is 0 Å². The number of aromatic carboxylic acids is 1. The molecule has 4 aromatic rings. The lowest BCUT2D eigenvalue weighted by Gasteiger charge is -2.10. The average molecular weight is 410 g/mol. The van der Waals surface area contributed by atoms with Crippen molar-refractivity contribution in [1.29, 1.82) is 0 Å². The molecule has 5 rings (SSSR count). The fourth-order valence-corrected chi connectivity index (χ4v) is 4.15. The molecule has 1 aromatic heterocycles. The van der Waals surface area contributed by atoms with E-state index >= 15 is 0 Å². The first-order chi connectivity index (χ1) is 15.0. The Labute approximate surface area is 179 Å². The molecule has 1 aliphatic rings. The van der Waals surface area contributed by atoms with Gasteiger partial charge in [0.15, 0.2) is 0 Å². The van der Waals surface area contributed by atoms with Crippen molar-refractivity contribution in [2.75, 3.05) is 0 Å². The van der Waals surface area contributed by atoms with Gasteiger partial charge in [0.25, 0.3) is 0 Å². The summed E-state index contributed by atoms with van der Waals surface area (Å²) in [7, 11) is 0. The topological polar surface area (TPSA) is 85.3 Å². The van der Waals surface area contributed by atoms with E-state index < -0.39 is 11.9 Å². The summed E-state index contributed by atoms with van der Waals surface area (Å²) in [6, 6.07) is 21.3. The fourth-order valence-electron chi connectivity index (χ4n) is 4.15. The van der Waals surface area contributed by atoms with Crippen LogP contribution >= 0.6 is 0 Å². The number of nitrogens with two attached hydrogens (primary N) is 1. The van der Waals surface area contributed by atoms with Crippen LogP contribution in [-0.4, -0.2) is 21.6 Å². The van der Waals surface area contributed by atoms with E-state index in [1.54, 1.807) is 12.1 Å². The highest BCUT2D eigenvalue weighted by atomic mass is 16.4. The van der Waals surface area contributed by atoms with Crippen molar-refractivity contribution in [3.8, 4) is 5.69 Å². The molecule has 0 radical (unpaired) electrons. The van der Waals surface area contributed by atoms with Gasteiger partial charge in [-0.15, -0.1) is 0 Å². The number of carboxylic acid groups (broad SMARTS) is 1. The van der Waals surface area contributed by atoms with Gasteiger partial charge in [-0.2, -0.15) is 0 Å². The molecule has 0 saturated heterocycles. The van der Waals surface area contributed by atoms with Gasteiger partial charge in [-0.3, -0.25) is 4.79 Å². The number of aromatic nitrogens is 1. The maximum Gasteiger partial charge on any atom is 0.335 e. The number of hydrogen-bond donors (Lipinski definition) is 2. The maximum absolute atomic E-state index is 11.8. The number of primary amides is 1. The number of carbonyl (C=O) groups excluding carboxylic acids is 1. The van der Waals surface area contributed by atoms with Crippen molar-refractivity contribution in [2.45, 2.75) is 25.2 Å². The molecular formula is C26H22N2O3. The molecular weight excluding hydrogens is 388 g/mol. The Morgan fingerprint density at radius 3 is 2.42 bits per heavy atom. The quantitative estimate of drug-likeness (QED) is 0.474. The van der Waals surface area contributed by atoms with Gasteiger partial charge in [0, 0.05) is 22.8 Å². The molecule has 0 bridgehead atoms. The van der Waals surface area contributed by atoms with Crippen LogP contribution in [0.4, 0.5) is 0 Å². The number of nitrogens with zero attached hydrogens (tertiary/aromatic N) is 1. The van der Waals surface area contributed by atoms with Crippen LogP contribution in [0.1, 0.15) is 56.2 Å². The van der Waals surface area contributed by atoms with Gasteiger partial charge in [0.05, 0.1) is 11.1 Å². The highest BCUT2D eigenvalue weighted by Crippen LogP contribution is 2.40. The van der Waals surface area contributed by atoms with E-state index in [0.29, 0.717) is 23.5 Å². The summed E-state index contributed by atoms with van der Waals surface area (Å²) in [5.74, 6) is -0.788. The Morgan fingerprint density at radius 2 is 1.74 bits per heavy atom. The second-order valence-corrected chi connectivity index (χ2v) is 8.16. The molecule has 1 aliphatic carbocycles. The molecule has 3 aromatic carbocycles. The molecule has 154 valence electrons. The monoisotopic (exact) mass is 410 g/mol. The molecule has 0 atom stereocenters. The highest BCUT2D eigenvalue weighted by Gasteiger charge is 2.25. The minimum Gasteiger partial charge on any atom is -0.478 e. The summed E-state index contributed by atoms with van der Waals surface area (Å²) in [5.41, 5.74) is 11.2. The first kappa shape index (κ1) is 19.1. The molecule has 0 aliphatic heterocycles. The van der Waals surface area contributed by atoms with Crippen molar-refractivity contribution in [2.24, 2.45) is 5.73 Å². The number of fused-ring (bicyclic) bond motifs is 1. The predicted molar refractivity (Wildman–Crippen MR) is 120 cm³/mol. The zero-order valence-electron chi connectivity index (χ0n) is 16.9. The van der Waals surface area contributed by atoms with E-state index in [4.69, 9.17) is 5.73 Å². The smallest absolute Gasteiger partial charge is 0.335 e. The van der Waals surface area contributed by atoms with Gasteiger partial charge < -0.3 is 15.4 Å². The van der Waals surface area contributed by atoms with Crippen LogP contribution in [0.2, 0.25) is 0 Å². The molecule has 1 amide bonds. The summed E-state index contributed by atoms with van der Waals surface area (Å²) in [4.78, 5) is 23.1. The number of benzene rings is 3. The zero-order chi connectivity index (χ0) is 21.5. The lowest BCUT2D eigenvalue weighted by atomic mass is 9.96. The van der Waals surface area contributed by atoms with E-state index in [2.05, 4.69) is 16.7 Å². The van der Waals surface area contributed by atoms with Gasteiger partial charge >= 0.3 is 5.97 Å². The molecule has 3 N–H and O–H groups in total. The molecule has 1 heterocycles. The van der Waals surface area contributed by atoms with E-state index in [-0.39, 0.29) is 0 Å².